The van der Waals surface area contributed by atoms with Crippen molar-refractivity contribution in [2.24, 2.45) is 11.7 Å². The molecule has 1 unspecified atom stereocenters. The first kappa shape index (κ1) is 17.8. The normalized spacial score (nSPS) is 13.3. The van der Waals surface area contributed by atoms with Crippen molar-refractivity contribution in [1.82, 2.24) is 5.32 Å². The maximum Gasteiger partial charge on any atom is 0.258 e. The molecular weight excluding hydrogens is 284 g/mol. The van der Waals surface area contributed by atoms with Crippen LogP contribution in [0.15, 0.2) is 24.3 Å². The van der Waals surface area contributed by atoms with E-state index in [2.05, 4.69) is 5.32 Å². The molecule has 1 rings (SSSR count). The van der Waals surface area contributed by atoms with E-state index < -0.39 is 17.4 Å². The van der Waals surface area contributed by atoms with Gasteiger partial charge in [0.15, 0.2) is 18.1 Å². The van der Waals surface area contributed by atoms with E-state index in [0.717, 1.165) is 0 Å². The van der Waals surface area contributed by atoms with E-state index in [1.165, 1.54) is 7.11 Å². The summed E-state index contributed by atoms with van der Waals surface area (Å²) in [6.45, 7) is 5.28. The van der Waals surface area contributed by atoms with Crippen LogP contribution in [0.2, 0.25) is 0 Å². The number of amides is 2. The van der Waals surface area contributed by atoms with Crippen molar-refractivity contribution in [1.29, 1.82) is 0 Å². The van der Waals surface area contributed by atoms with Crippen molar-refractivity contribution in [3.05, 3.63) is 24.3 Å². The topological polar surface area (TPSA) is 90.7 Å². The SMILES string of the molecule is CCC(NC(=O)COc1ccccc1OC)(C(N)=O)C(C)C. The van der Waals surface area contributed by atoms with Crippen molar-refractivity contribution in [3.63, 3.8) is 0 Å². The maximum atomic E-state index is 12.1. The van der Waals surface area contributed by atoms with Gasteiger partial charge in [0.1, 0.15) is 5.54 Å². The average molecular weight is 308 g/mol. The second kappa shape index (κ2) is 7.68. The zero-order chi connectivity index (χ0) is 16.8. The van der Waals surface area contributed by atoms with Gasteiger partial charge in [0.2, 0.25) is 5.91 Å². The lowest BCUT2D eigenvalue weighted by Gasteiger charge is -2.34. The summed E-state index contributed by atoms with van der Waals surface area (Å²) in [5, 5.41) is 2.71. The van der Waals surface area contributed by atoms with E-state index in [1.54, 1.807) is 24.3 Å². The monoisotopic (exact) mass is 308 g/mol. The molecule has 3 N–H and O–H groups in total. The Hall–Kier alpha value is -2.24. The van der Waals surface area contributed by atoms with Gasteiger partial charge in [-0.25, -0.2) is 0 Å². The smallest absolute Gasteiger partial charge is 0.258 e. The van der Waals surface area contributed by atoms with Gasteiger partial charge < -0.3 is 20.5 Å². The summed E-state index contributed by atoms with van der Waals surface area (Å²) in [5.74, 6) is -0.0669. The van der Waals surface area contributed by atoms with E-state index in [9.17, 15) is 9.59 Å². The van der Waals surface area contributed by atoms with Crippen molar-refractivity contribution >= 4 is 11.8 Å². The molecule has 1 aromatic rings. The van der Waals surface area contributed by atoms with Crippen molar-refractivity contribution < 1.29 is 19.1 Å². The van der Waals surface area contributed by atoms with Crippen LogP contribution in [0.5, 0.6) is 11.5 Å². The number of hydrogen-bond donors (Lipinski definition) is 2. The number of primary amides is 1. The van der Waals surface area contributed by atoms with Gasteiger partial charge >= 0.3 is 0 Å². The van der Waals surface area contributed by atoms with E-state index in [1.807, 2.05) is 20.8 Å². The zero-order valence-corrected chi connectivity index (χ0v) is 13.5. The summed E-state index contributed by atoms with van der Waals surface area (Å²) < 4.78 is 10.6. The Morgan fingerprint density at radius 2 is 1.86 bits per heavy atom. The number of methoxy groups -OCH3 is 1. The first-order valence-electron chi connectivity index (χ1n) is 7.24. The van der Waals surface area contributed by atoms with Crippen LogP contribution >= 0.6 is 0 Å². The lowest BCUT2D eigenvalue weighted by molar-refractivity contribution is -0.134. The van der Waals surface area contributed by atoms with Gasteiger partial charge in [-0.2, -0.15) is 0 Å². The molecule has 0 aliphatic carbocycles. The first-order valence-corrected chi connectivity index (χ1v) is 7.24. The van der Waals surface area contributed by atoms with Gasteiger partial charge in [0.25, 0.3) is 5.91 Å². The molecule has 0 spiro atoms. The molecule has 6 nitrogen and oxygen atoms in total. The second-order valence-corrected chi connectivity index (χ2v) is 5.33. The highest BCUT2D eigenvalue weighted by molar-refractivity contribution is 5.91. The highest BCUT2D eigenvalue weighted by Crippen LogP contribution is 2.26. The zero-order valence-electron chi connectivity index (χ0n) is 13.5. The Morgan fingerprint density at radius 1 is 1.27 bits per heavy atom. The minimum atomic E-state index is -1.07. The summed E-state index contributed by atoms with van der Waals surface area (Å²) in [6.07, 6.45) is 0.417. The Kier molecular flexibility index (Phi) is 6.22. The van der Waals surface area contributed by atoms with Crippen LogP contribution in [-0.2, 0) is 9.59 Å². The van der Waals surface area contributed by atoms with E-state index in [4.69, 9.17) is 15.2 Å². The van der Waals surface area contributed by atoms with Crippen molar-refractivity contribution in [3.8, 4) is 11.5 Å². The van der Waals surface area contributed by atoms with E-state index in [0.29, 0.717) is 17.9 Å². The van der Waals surface area contributed by atoms with Gasteiger partial charge in [-0.05, 0) is 24.5 Å². The van der Waals surface area contributed by atoms with Gasteiger partial charge in [-0.1, -0.05) is 32.9 Å². The van der Waals surface area contributed by atoms with E-state index in [-0.39, 0.29) is 12.5 Å². The van der Waals surface area contributed by atoms with Crippen LogP contribution in [0.25, 0.3) is 0 Å². The van der Waals surface area contributed by atoms with E-state index >= 15 is 0 Å². The average Bonchev–Trinajstić information content (AvgIpc) is 2.50. The maximum absolute atomic E-state index is 12.1. The van der Waals surface area contributed by atoms with Crippen molar-refractivity contribution in [2.45, 2.75) is 32.7 Å². The Balaban J connectivity index is 2.75. The minimum absolute atomic E-state index is 0.120. The molecular formula is C16H24N2O4. The third-order valence-electron chi connectivity index (χ3n) is 3.77. The number of carbonyl (C=O) groups excluding carboxylic acids is 2. The molecule has 122 valence electrons. The summed E-state index contributed by atoms with van der Waals surface area (Å²) in [5.41, 5.74) is 4.40. The third-order valence-corrected chi connectivity index (χ3v) is 3.77. The number of hydrogen-bond acceptors (Lipinski definition) is 4. The Morgan fingerprint density at radius 3 is 2.32 bits per heavy atom. The quantitative estimate of drug-likeness (QED) is 0.761. The van der Waals surface area contributed by atoms with Crippen LogP contribution in [0.1, 0.15) is 27.2 Å². The van der Waals surface area contributed by atoms with Crippen LogP contribution < -0.4 is 20.5 Å². The van der Waals surface area contributed by atoms with Crippen LogP contribution in [-0.4, -0.2) is 31.1 Å². The molecule has 0 bridgehead atoms. The van der Waals surface area contributed by atoms with Gasteiger partial charge in [-0.15, -0.1) is 0 Å². The molecule has 0 aliphatic heterocycles. The number of nitrogens with one attached hydrogen (secondary N) is 1. The van der Waals surface area contributed by atoms with Crippen LogP contribution in [0, 0.1) is 5.92 Å². The number of para-hydroxylation sites is 2. The molecule has 2 amide bonds. The van der Waals surface area contributed by atoms with Gasteiger partial charge in [0, 0.05) is 0 Å². The summed E-state index contributed by atoms with van der Waals surface area (Å²) >= 11 is 0. The summed E-state index contributed by atoms with van der Waals surface area (Å²) in [4.78, 5) is 23.9. The van der Waals surface area contributed by atoms with Crippen LogP contribution in [0.3, 0.4) is 0 Å². The minimum Gasteiger partial charge on any atom is -0.493 e. The summed E-state index contributed by atoms with van der Waals surface area (Å²) in [6, 6.07) is 7.03. The largest absolute Gasteiger partial charge is 0.493 e. The predicted molar refractivity (Wildman–Crippen MR) is 83.7 cm³/mol. The lowest BCUT2D eigenvalue weighted by atomic mass is 9.83. The number of carbonyl (C=O) groups is 2. The molecule has 0 fully saturated rings. The number of ether oxygens (including phenoxy) is 2. The fourth-order valence-corrected chi connectivity index (χ4v) is 2.33. The molecule has 1 aromatic carbocycles. The molecule has 0 saturated carbocycles. The fourth-order valence-electron chi connectivity index (χ4n) is 2.33. The standard InChI is InChI=1S/C16H24N2O4/c1-5-16(11(2)3,15(17)20)18-14(19)10-22-13-9-7-6-8-12(13)21-4/h6-9,11H,5,10H2,1-4H3,(H2,17,20)(H,18,19). The highest BCUT2D eigenvalue weighted by Gasteiger charge is 2.39. The molecule has 1 atom stereocenters. The predicted octanol–water partition coefficient (Wildman–Crippen LogP) is 1.48. The van der Waals surface area contributed by atoms with Gasteiger partial charge in [0.05, 0.1) is 7.11 Å². The van der Waals surface area contributed by atoms with Crippen molar-refractivity contribution in [2.75, 3.05) is 13.7 Å². The summed E-state index contributed by atoms with van der Waals surface area (Å²) in [7, 11) is 1.52. The Labute approximate surface area is 131 Å². The first-order chi connectivity index (χ1) is 10.4. The molecule has 6 heteroatoms. The molecule has 0 saturated heterocycles. The second-order valence-electron chi connectivity index (χ2n) is 5.33. The van der Waals surface area contributed by atoms with Crippen LogP contribution in [0.4, 0.5) is 0 Å². The third kappa shape index (κ3) is 3.90. The number of benzene rings is 1. The molecule has 0 aromatic heterocycles. The molecule has 0 aliphatic rings. The highest BCUT2D eigenvalue weighted by atomic mass is 16.5. The molecule has 22 heavy (non-hydrogen) atoms. The fraction of sp³-hybridized carbons (Fsp3) is 0.500. The lowest BCUT2D eigenvalue weighted by Crippen LogP contribution is -2.61. The molecule has 0 radical (unpaired) electrons. The number of rotatable bonds is 8. The molecule has 0 heterocycles. The number of nitrogens with two attached hydrogens (primary N) is 1. The Bertz CT molecular complexity index is 531. The van der Waals surface area contributed by atoms with Gasteiger partial charge in [-0.3, -0.25) is 9.59 Å².